The minimum Gasteiger partial charge on any atom is -0.396 e. The molecule has 0 rings (SSSR count). The lowest BCUT2D eigenvalue weighted by Crippen LogP contribution is -2.38. The van der Waals surface area contributed by atoms with Gasteiger partial charge in [-0.05, 0) is 33.2 Å². The van der Waals surface area contributed by atoms with E-state index in [0.29, 0.717) is 6.04 Å². The smallest absolute Gasteiger partial charge is 0.0637 e. The summed E-state index contributed by atoms with van der Waals surface area (Å²) in [6, 6.07) is 0.352. The summed E-state index contributed by atoms with van der Waals surface area (Å²) in [5.74, 6) is 0. The van der Waals surface area contributed by atoms with Crippen molar-refractivity contribution in [3.63, 3.8) is 0 Å². The number of rotatable bonds is 7. The Morgan fingerprint density at radius 3 is 2.46 bits per heavy atom. The fourth-order valence-electron chi connectivity index (χ4n) is 1.40. The zero-order valence-corrected chi connectivity index (χ0v) is 9.26. The van der Waals surface area contributed by atoms with Crippen molar-refractivity contribution in [3.05, 3.63) is 0 Å². The fourth-order valence-corrected chi connectivity index (χ4v) is 1.40. The third-order valence-electron chi connectivity index (χ3n) is 2.26. The molecule has 0 aromatic carbocycles. The van der Waals surface area contributed by atoms with Crippen molar-refractivity contribution >= 4 is 0 Å². The maximum atomic E-state index is 8.85. The maximum absolute atomic E-state index is 8.85. The molecule has 80 valence electrons. The van der Waals surface area contributed by atoms with Crippen molar-refractivity contribution in [3.8, 4) is 0 Å². The number of hydrogen-bond acceptors (Lipinski definition) is 3. The molecular formula is C10H23NO2. The molecule has 3 heteroatoms. The monoisotopic (exact) mass is 189 g/mol. The Morgan fingerprint density at radius 1 is 1.46 bits per heavy atom. The van der Waals surface area contributed by atoms with Crippen LogP contribution in [0.25, 0.3) is 0 Å². The van der Waals surface area contributed by atoms with Gasteiger partial charge in [0.25, 0.3) is 0 Å². The van der Waals surface area contributed by atoms with Crippen LogP contribution in [-0.4, -0.2) is 37.0 Å². The highest BCUT2D eigenvalue weighted by atomic mass is 16.5. The number of hydrogen-bond donors (Lipinski definition) is 2. The highest BCUT2D eigenvalue weighted by molar-refractivity contribution is 4.77. The second-order valence-corrected chi connectivity index (χ2v) is 3.93. The first kappa shape index (κ1) is 12.9. The lowest BCUT2D eigenvalue weighted by atomic mass is 9.97. The van der Waals surface area contributed by atoms with Crippen molar-refractivity contribution < 1.29 is 9.84 Å². The summed E-state index contributed by atoms with van der Waals surface area (Å²) >= 11 is 0. The van der Waals surface area contributed by atoms with Crippen molar-refractivity contribution in [1.29, 1.82) is 0 Å². The van der Waals surface area contributed by atoms with Crippen LogP contribution in [0, 0.1) is 0 Å². The van der Waals surface area contributed by atoms with Crippen LogP contribution in [0.15, 0.2) is 0 Å². The van der Waals surface area contributed by atoms with Gasteiger partial charge in [0, 0.05) is 19.8 Å². The van der Waals surface area contributed by atoms with Crippen molar-refractivity contribution in [2.45, 2.75) is 45.3 Å². The van der Waals surface area contributed by atoms with Gasteiger partial charge in [-0.2, -0.15) is 0 Å². The van der Waals surface area contributed by atoms with Crippen molar-refractivity contribution in [2.24, 2.45) is 0 Å². The molecular weight excluding hydrogens is 166 g/mol. The highest BCUT2D eigenvalue weighted by Crippen LogP contribution is 2.16. The van der Waals surface area contributed by atoms with Crippen molar-refractivity contribution in [1.82, 2.24) is 5.32 Å². The predicted molar refractivity (Wildman–Crippen MR) is 54.9 cm³/mol. The van der Waals surface area contributed by atoms with E-state index >= 15 is 0 Å². The second kappa shape index (κ2) is 6.35. The molecule has 0 saturated heterocycles. The normalized spacial score (nSPS) is 14.5. The van der Waals surface area contributed by atoms with Crippen LogP contribution in [0.2, 0.25) is 0 Å². The van der Waals surface area contributed by atoms with E-state index in [1.165, 1.54) is 0 Å². The van der Waals surface area contributed by atoms with Gasteiger partial charge in [0.05, 0.1) is 5.60 Å². The molecule has 1 atom stereocenters. The van der Waals surface area contributed by atoms with E-state index < -0.39 is 0 Å². The Labute approximate surface area is 81.5 Å². The van der Waals surface area contributed by atoms with E-state index in [2.05, 4.69) is 26.1 Å². The molecule has 0 aromatic rings. The maximum Gasteiger partial charge on any atom is 0.0637 e. The van der Waals surface area contributed by atoms with Gasteiger partial charge in [-0.25, -0.2) is 0 Å². The first-order valence-electron chi connectivity index (χ1n) is 4.95. The van der Waals surface area contributed by atoms with Crippen LogP contribution in [0.5, 0.6) is 0 Å². The molecule has 1 unspecified atom stereocenters. The molecule has 0 aliphatic rings. The topological polar surface area (TPSA) is 41.5 Å². The van der Waals surface area contributed by atoms with Gasteiger partial charge in [-0.3, -0.25) is 0 Å². The third kappa shape index (κ3) is 6.02. The van der Waals surface area contributed by atoms with Gasteiger partial charge in [0.2, 0.25) is 0 Å². The quantitative estimate of drug-likeness (QED) is 0.631. The van der Waals surface area contributed by atoms with E-state index in [4.69, 9.17) is 9.84 Å². The average Bonchev–Trinajstić information content (AvgIpc) is 2.05. The molecule has 3 nitrogen and oxygen atoms in total. The molecule has 0 bridgehead atoms. The molecule has 0 aliphatic heterocycles. The number of nitrogens with one attached hydrogen (secondary N) is 1. The first-order chi connectivity index (χ1) is 6.05. The second-order valence-electron chi connectivity index (χ2n) is 3.93. The van der Waals surface area contributed by atoms with E-state index in [-0.39, 0.29) is 12.2 Å². The Bertz CT molecular complexity index is 120. The van der Waals surface area contributed by atoms with Crippen LogP contribution in [0.4, 0.5) is 0 Å². The SMILES string of the molecule is CCNC(CCO)CC(C)(C)OC. The Balaban J connectivity index is 3.92. The Morgan fingerprint density at radius 2 is 2.08 bits per heavy atom. The van der Waals surface area contributed by atoms with Gasteiger partial charge in [-0.15, -0.1) is 0 Å². The molecule has 0 radical (unpaired) electrons. The zero-order chi connectivity index (χ0) is 10.3. The van der Waals surface area contributed by atoms with E-state index in [1.807, 2.05) is 0 Å². The average molecular weight is 189 g/mol. The van der Waals surface area contributed by atoms with Crippen LogP contribution in [-0.2, 0) is 4.74 Å². The van der Waals surface area contributed by atoms with Crippen molar-refractivity contribution in [2.75, 3.05) is 20.3 Å². The van der Waals surface area contributed by atoms with Gasteiger partial charge in [-0.1, -0.05) is 6.92 Å². The summed E-state index contributed by atoms with van der Waals surface area (Å²) in [6.45, 7) is 7.37. The first-order valence-corrected chi connectivity index (χ1v) is 4.95. The molecule has 0 heterocycles. The van der Waals surface area contributed by atoms with E-state index in [1.54, 1.807) is 7.11 Å². The summed E-state index contributed by atoms with van der Waals surface area (Å²) in [6.07, 6.45) is 1.72. The van der Waals surface area contributed by atoms with E-state index in [9.17, 15) is 0 Å². The Kier molecular flexibility index (Phi) is 6.29. The molecule has 0 amide bonds. The minimum atomic E-state index is -0.109. The van der Waals surface area contributed by atoms with Crippen LogP contribution in [0.3, 0.4) is 0 Å². The molecule has 0 saturated carbocycles. The standard InChI is InChI=1S/C10H23NO2/c1-5-11-9(6-7-12)8-10(2,3)13-4/h9,11-12H,5-8H2,1-4H3. The molecule has 0 spiro atoms. The summed E-state index contributed by atoms with van der Waals surface area (Å²) in [7, 11) is 1.72. The van der Waals surface area contributed by atoms with Gasteiger partial charge in [0.1, 0.15) is 0 Å². The summed E-state index contributed by atoms with van der Waals surface area (Å²) in [4.78, 5) is 0. The van der Waals surface area contributed by atoms with Gasteiger partial charge < -0.3 is 15.2 Å². The van der Waals surface area contributed by atoms with Gasteiger partial charge >= 0.3 is 0 Å². The minimum absolute atomic E-state index is 0.109. The molecule has 0 fully saturated rings. The lowest BCUT2D eigenvalue weighted by Gasteiger charge is -2.28. The summed E-state index contributed by atoms with van der Waals surface area (Å²) < 4.78 is 5.34. The molecule has 0 aromatic heterocycles. The lowest BCUT2D eigenvalue weighted by molar-refractivity contribution is 0.00528. The summed E-state index contributed by atoms with van der Waals surface area (Å²) in [5.41, 5.74) is -0.109. The molecule has 2 N–H and O–H groups in total. The predicted octanol–water partition coefficient (Wildman–Crippen LogP) is 1.16. The number of methoxy groups -OCH3 is 1. The number of ether oxygens (including phenoxy) is 1. The third-order valence-corrected chi connectivity index (χ3v) is 2.26. The fraction of sp³-hybridized carbons (Fsp3) is 1.00. The zero-order valence-electron chi connectivity index (χ0n) is 9.26. The molecule has 13 heavy (non-hydrogen) atoms. The summed E-state index contributed by atoms with van der Waals surface area (Å²) in [5, 5.41) is 12.2. The number of aliphatic hydroxyl groups excluding tert-OH is 1. The Hall–Kier alpha value is -0.120. The number of aliphatic hydroxyl groups is 1. The van der Waals surface area contributed by atoms with Crippen LogP contribution >= 0.6 is 0 Å². The molecule has 0 aliphatic carbocycles. The van der Waals surface area contributed by atoms with Crippen LogP contribution < -0.4 is 5.32 Å². The largest absolute Gasteiger partial charge is 0.396 e. The highest BCUT2D eigenvalue weighted by Gasteiger charge is 2.21. The van der Waals surface area contributed by atoms with Crippen LogP contribution in [0.1, 0.15) is 33.6 Å². The van der Waals surface area contributed by atoms with E-state index in [0.717, 1.165) is 19.4 Å². The van der Waals surface area contributed by atoms with Gasteiger partial charge in [0.15, 0.2) is 0 Å².